The van der Waals surface area contributed by atoms with Crippen LogP contribution >= 0.6 is 11.6 Å². The van der Waals surface area contributed by atoms with Gasteiger partial charge < -0.3 is 0 Å². The second-order valence-corrected chi connectivity index (χ2v) is 5.58. The molecule has 0 saturated heterocycles. The Morgan fingerprint density at radius 2 is 2.00 bits per heavy atom. The first-order chi connectivity index (χ1) is 6.83. The van der Waals surface area contributed by atoms with E-state index in [0.29, 0.717) is 15.0 Å². The Bertz CT molecular complexity index is 277. The number of unbranched alkanes of at least 4 members (excludes halogenated alkanes) is 2. The van der Waals surface area contributed by atoms with Crippen molar-refractivity contribution >= 4 is 31.0 Å². The maximum atomic E-state index is 5.80. The topological polar surface area (TPSA) is 0 Å². The molecule has 0 spiro atoms. The Morgan fingerprint density at radius 3 is 2.64 bits per heavy atom. The second kappa shape index (κ2) is 7.11. The molecule has 0 bridgehead atoms. The van der Waals surface area contributed by atoms with Crippen LogP contribution in [0.15, 0.2) is 35.3 Å². The molecular weight excluding hydrogens is 259 g/mol. The van der Waals surface area contributed by atoms with Crippen LogP contribution in [0.5, 0.6) is 0 Å². The molecule has 0 aromatic heterocycles. The van der Waals surface area contributed by atoms with E-state index < -0.39 is 0 Å². The molecule has 0 fully saturated rings. The molecule has 0 atom stereocenters. The van der Waals surface area contributed by atoms with Gasteiger partial charge in [0, 0.05) is 0 Å². The van der Waals surface area contributed by atoms with Crippen LogP contribution in [0.25, 0.3) is 0 Å². The van der Waals surface area contributed by atoms with Crippen molar-refractivity contribution < 1.29 is 0 Å². The molecule has 0 aliphatic carbocycles. The summed E-state index contributed by atoms with van der Waals surface area (Å²) in [7, 11) is 0. The first-order valence-electron chi connectivity index (χ1n) is 4.90. The number of halogens is 1. The summed E-state index contributed by atoms with van der Waals surface area (Å²) < 4.78 is 1.38. The molecular formula is C12H15ClSe. The molecule has 1 aromatic carbocycles. The van der Waals surface area contributed by atoms with Crippen molar-refractivity contribution in [2.75, 3.05) is 0 Å². The Morgan fingerprint density at radius 1 is 1.29 bits per heavy atom. The van der Waals surface area contributed by atoms with Gasteiger partial charge in [0.25, 0.3) is 0 Å². The van der Waals surface area contributed by atoms with E-state index in [4.69, 9.17) is 11.6 Å². The summed E-state index contributed by atoms with van der Waals surface area (Å²) in [5.74, 6) is 0. The molecule has 2 heteroatoms. The van der Waals surface area contributed by atoms with E-state index in [0.717, 1.165) is 5.02 Å². The Balaban J connectivity index is 2.30. The molecule has 0 heterocycles. The first-order valence-corrected chi connectivity index (χ1v) is 7.12. The van der Waals surface area contributed by atoms with Gasteiger partial charge in [-0.25, -0.2) is 0 Å². The van der Waals surface area contributed by atoms with Gasteiger partial charge in [-0.3, -0.25) is 0 Å². The quantitative estimate of drug-likeness (QED) is 0.570. The van der Waals surface area contributed by atoms with E-state index in [-0.39, 0.29) is 0 Å². The van der Waals surface area contributed by atoms with Crippen molar-refractivity contribution in [2.45, 2.75) is 26.2 Å². The summed E-state index contributed by atoms with van der Waals surface area (Å²) in [4.78, 5) is 2.30. The van der Waals surface area contributed by atoms with E-state index in [1.54, 1.807) is 0 Å². The van der Waals surface area contributed by atoms with Gasteiger partial charge in [0.15, 0.2) is 0 Å². The van der Waals surface area contributed by atoms with Crippen LogP contribution in [0.2, 0.25) is 5.02 Å². The minimum absolute atomic E-state index is 0.471. The zero-order chi connectivity index (χ0) is 10.2. The summed E-state index contributed by atoms with van der Waals surface area (Å²) in [5, 5.41) is 0.819. The monoisotopic (exact) mass is 274 g/mol. The van der Waals surface area contributed by atoms with Gasteiger partial charge in [-0.2, -0.15) is 0 Å². The number of hydrogen-bond acceptors (Lipinski definition) is 0. The fourth-order valence-corrected chi connectivity index (χ4v) is 2.59. The maximum absolute atomic E-state index is 5.80. The van der Waals surface area contributed by atoms with Crippen LogP contribution in [0, 0.1) is 0 Å². The molecule has 0 radical (unpaired) electrons. The van der Waals surface area contributed by atoms with E-state index in [1.807, 2.05) is 12.1 Å². The second-order valence-electron chi connectivity index (χ2n) is 3.09. The van der Waals surface area contributed by atoms with Gasteiger partial charge in [-0.15, -0.1) is 0 Å². The van der Waals surface area contributed by atoms with Gasteiger partial charge >= 0.3 is 97.5 Å². The minimum atomic E-state index is 0.471. The van der Waals surface area contributed by atoms with E-state index in [2.05, 4.69) is 30.1 Å². The average Bonchev–Trinajstić information content (AvgIpc) is 2.21. The van der Waals surface area contributed by atoms with Crippen LogP contribution in [0.1, 0.15) is 26.2 Å². The summed E-state index contributed by atoms with van der Waals surface area (Å²) in [6, 6.07) is 8.12. The van der Waals surface area contributed by atoms with Crippen molar-refractivity contribution in [3.63, 3.8) is 0 Å². The van der Waals surface area contributed by atoms with Crippen LogP contribution in [-0.2, 0) is 0 Å². The average molecular weight is 274 g/mol. The summed E-state index contributed by atoms with van der Waals surface area (Å²) in [6.07, 6.45) is 6.08. The van der Waals surface area contributed by atoms with Crippen LogP contribution in [0.4, 0.5) is 0 Å². The van der Waals surface area contributed by atoms with Crippen LogP contribution < -0.4 is 4.46 Å². The SMILES string of the molecule is CCCC/C=C\[Se]c1ccc(Cl)cc1. The molecule has 0 aliphatic heterocycles. The van der Waals surface area contributed by atoms with Crippen molar-refractivity contribution in [3.05, 3.63) is 40.3 Å². The van der Waals surface area contributed by atoms with Crippen LogP contribution in [0.3, 0.4) is 0 Å². The number of hydrogen-bond donors (Lipinski definition) is 0. The van der Waals surface area contributed by atoms with Crippen molar-refractivity contribution in [1.82, 2.24) is 0 Å². The van der Waals surface area contributed by atoms with Gasteiger partial charge in [0.1, 0.15) is 0 Å². The van der Waals surface area contributed by atoms with Gasteiger partial charge in [-0.05, 0) is 0 Å². The molecule has 0 N–H and O–H groups in total. The normalized spacial score (nSPS) is 11.0. The number of allylic oxidation sites excluding steroid dienone is 1. The van der Waals surface area contributed by atoms with Crippen molar-refractivity contribution in [3.8, 4) is 0 Å². The fraction of sp³-hybridized carbons (Fsp3) is 0.333. The zero-order valence-electron chi connectivity index (χ0n) is 8.37. The Labute approximate surface area is 97.5 Å². The number of benzene rings is 1. The predicted octanol–water partition coefficient (Wildman–Crippen LogP) is 3.37. The third-order valence-electron chi connectivity index (χ3n) is 1.84. The van der Waals surface area contributed by atoms with E-state index in [9.17, 15) is 0 Å². The molecule has 14 heavy (non-hydrogen) atoms. The van der Waals surface area contributed by atoms with Crippen molar-refractivity contribution in [1.29, 1.82) is 0 Å². The third kappa shape index (κ3) is 4.85. The number of rotatable bonds is 5. The molecule has 76 valence electrons. The third-order valence-corrected chi connectivity index (χ3v) is 3.92. The van der Waals surface area contributed by atoms with Crippen molar-refractivity contribution in [2.24, 2.45) is 0 Å². The molecule has 1 rings (SSSR count). The summed E-state index contributed by atoms with van der Waals surface area (Å²) >= 11 is 6.27. The van der Waals surface area contributed by atoms with Gasteiger partial charge in [-0.1, -0.05) is 0 Å². The van der Waals surface area contributed by atoms with Gasteiger partial charge in [0.2, 0.25) is 0 Å². The van der Waals surface area contributed by atoms with E-state index >= 15 is 0 Å². The first kappa shape index (κ1) is 11.8. The Hall–Kier alpha value is -0.231. The molecule has 0 aliphatic rings. The summed E-state index contributed by atoms with van der Waals surface area (Å²) in [6.45, 7) is 2.22. The zero-order valence-corrected chi connectivity index (χ0v) is 10.8. The van der Waals surface area contributed by atoms with Gasteiger partial charge in [0.05, 0.1) is 0 Å². The predicted molar refractivity (Wildman–Crippen MR) is 65.5 cm³/mol. The molecule has 0 saturated carbocycles. The fourth-order valence-electron chi connectivity index (χ4n) is 1.03. The standard InChI is InChI=1S/C12H15ClSe/c1-2-3-4-5-10-14-12-8-6-11(13)7-9-12/h5-10H,2-4H2,1H3/b10-5-. The molecule has 0 amide bonds. The molecule has 1 aromatic rings. The van der Waals surface area contributed by atoms with Crippen LogP contribution in [-0.4, -0.2) is 15.0 Å². The Kier molecular flexibility index (Phi) is 6.02. The van der Waals surface area contributed by atoms with E-state index in [1.165, 1.54) is 23.7 Å². The summed E-state index contributed by atoms with van der Waals surface area (Å²) in [5.41, 5.74) is 0. The molecule has 0 nitrogen and oxygen atoms in total. The molecule has 0 unspecified atom stereocenters.